The molecule has 0 saturated carbocycles. The van der Waals surface area contributed by atoms with Gasteiger partial charge in [-0.1, -0.05) is 30.8 Å². The van der Waals surface area contributed by atoms with Gasteiger partial charge >= 0.3 is 0 Å². The molecule has 2 nitrogen and oxygen atoms in total. The summed E-state index contributed by atoms with van der Waals surface area (Å²) in [4.78, 5) is 2.24. The molecule has 3 heteroatoms. The monoisotopic (exact) mass is 264 g/mol. The molecule has 1 unspecified atom stereocenters. The van der Waals surface area contributed by atoms with Crippen LogP contribution in [0.2, 0.25) is 0 Å². The Kier molecular flexibility index (Phi) is 3.43. The minimum atomic E-state index is -0.832. The van der Waals surface area contributed by atoms with Crippen molar-refractivity contribution in [2.75, 3.05) is 13.1 Å². The van der Waals surface area contributed by atoms with Crippen LogP contribution in [0.25, 0.3) is 0 Å². The highest BCUT2D eigenvalue weighted by Gasteiger charge is 2.49. The molecule has 0 radical (unpaired) electrons. The van der Waals surface area contributed by atoms with Crippen molar-refractivity contribution in [1.82, 2.24) is 4.90 Å². The molecule has 18 heavy (non-hydrogen) atoms. The van der Waals surface area contributed by atoms with Gasteiger partial charge in [0.1, 0.15) is 5.60 Å². The van der Waals surface area contributed by atoms with Crippen molar-refractivity contribution < 1.29 is 17.5 Å². The number of aryl methyl sites for hydroxylation is 1. The lowest BCUT2D eigenvalue weighted by Gasteiger charge is -2.53. The van der Waals surface area contributed by atoms with E-state index in [0.717, 1.165) is 42.8 Å². The molecule has 0 amide bonds. The molecule has 0 aliphatic carbocycles. The molecule has 1 aromatic carbocycles. The molecule has 3 fully saturated rings. The second-order valence-electron chi connectivity index (χ2n) is 5.29. The second-order valence-corrected chi connectivity index (χ2v) is 5.29. The van der Waals surface area contributed by atoms with Crippen LogP contribution in [0.5, 0.6) is 0 Å². The van der Waals surface area contributed by atoms with Crippen molar-refractivity contribution in [3.8, 4) is 0 Å². The summed E-state index contributed by atoms with van der Waals surface area (Å²) in [5, 5.41) is 11.1. The number of rotatable bonds is 1. The lowest BCUT2D eigenvalue weighted by Crippen LogP contribution is -3.00. The molecule has 1 N–H and O–H groups in total. The lowest BCUT2D eigenvalue weighted by atomic mass is 9.69. The largest absolute Gasteiger partial charge is 1.00 e. The summed E-state index contributed by atoms with van der Waals surface area (Å²) in [5.41, 5.74) is 2.26. The van der Waals surface area contributed by atoms with Crippen LogP contribution < -0.4 is 12.4 Å². The standard InChI is InChI=1S/C15H19NO.ClH/c1-11-5-3-4-6-14(11)15(17)12(2)16-9-7-13(15)8-10-16;/h3-6,13,17H,2,7-10H2,1H3;1H/p-1. The highest BCUT2D eigenvalue weighted by atomic mass is 35.5. The summed E-state index contributed by atoms with van der Waals surface area (Å²) in [7, 11) is 0. The van der Waals surface area contributed by atoms with Gasteiger partial charge in [-0.05, 0) is 30.9 Å². The van der Waals surface area contributed by atoms with E-state index in [2.05, 4.69) is 24.5 Å². The van der Waals surface area contributed by atoms with E-state index in [0.29, 0.717) is 5.92 Å². The smallest absolute Gasteiger partial charge is 0.132 e. The van der Waals surface area contributed by atoms with Crippen LogP contribution in [0.15, 0.2) is 36.5 Å². The van der Waals surface area contributed by atoms with Crippen molar-refractivity contribution in [2.45, 2.75) is 25.4 Å². The average Bonchev–Trinajstić information content (AvgIpc) is 2.36. The molecule has 4 rings (SSSR count). The van der Waals surface area contributed by atoms with Crippen molar-refractivity contribution in [3.63, 3.8) is 0 Å². The molecule has 3 aliphatic heterocycles. The van der Waals surface area contributed by atoms with Gasteiger partial charge in [-0.25, -0.2) is 0 Å². The predicted octanol–water partition coefficient (Wildman–Crippen LogP) is -0.574. The van der Waals surface area contributed by atoms with Gasteiger partial charge in [0.2, 0.25) is 0 Å². The molecule has 3 saturated heterocycles. The Hall–Kier alpha value is -0.990. The molecule has 3 heterocycles. The Morgan fingerprint density at radius 1 is 1.28 bits per heavy atom. The van der Waals surface area contributed by atoms with E-state index in [-0.39, 0.29) is 12.4 Å². The molecular weight excluding hydrogens is 246 g/mol. The van der Waals surface area contributed by atoms with Gasteiger partial charge in [-0.3, -0.25) is 0 Å². The van der Waals surface area contributed by atoms with Gasteiger partial charge in [0.05, 0.1) is 0 Å². The molecule has 98 valence electrons. The zero-order valence-electron chi connectivity index (χ0n) is 10.7. The number of halogens is 1. The van der Waals surface area contributed by atoms with E-state index in [1.54, 1.807) is 0 Å². The van der Waals surface area contributed by atoms with Crippen LogP contribution in [-0.2, 0) is 5.60 Å². The summed E-state index contributed by atoms with van der Waals surface area (Å²) in [6, 6.07) is 8.14. The van der Waals surface area contributed by atoms with E-state index < -0.39 is 5.60 Å². The van der Waals surface area contributed by atoms with Crippen LogP contribution in [0.1, 0.15) is 24.0 Å². The van der Waals surface area contributed by atoms with E-state index in [9.17, 15) is 5.11 Å². The van der Waals surface area contributed by atoms with Crippen molar-refractivity contribution >= 4 is 0 Å². The van der Waals surface area contributed by atoms with Gasteiger partial charge in [-0.15, -0.1) is 0 Å². The van der Waals surface area contributed by atoms with Gasteiger partial charge in [0, 0.05) is 24.7 Å². The summed E-state index contributed by atoms with van der Waals surface area (Å²) in [6.45, 7) is 8.32. The Bertz CT molecular complexity index is 465. The molecule has 3 aliphatic rings. The van der Waals surface area contributed by atoms with Crippen LogP contribution in [0, 0.1) is 12.8 Å². The number of benzene rings is 1. The average molecular weight is 265 g/mol. The Morgan fingerprint density at radius 2 is 1.89 bits per heavy atom. The molecule has 0 spiro atoms. The summed E-state index contributed by atoms with van der Waals surface area (Å²) < 4.78 is 0. The SMILES string of the molecule is C=C1N2CCC(CC2)C1(O)c1ccccc1C.[Cl-]. The Labute approximate surface area is 115 Å². The maximum absolute atomic E-state index is 11.1. The Balaban J connectivity index is 0.00000120. The summed E-state index contributed by atoms with van der Waals surface area (Å²) in [5.74, 6) is 0.334. The maximum Gasteiger partial charge on any atom is 0.132 e. The number of piperidine rings is 3. The third-order valence-corrected chi connectivity index (χ3v) is 4.46. The number of aliphatic hydroxyl groups is 1. The van der Waals surface area contributed by atoms with Gasteiger partial charge in [-0.2, -0.15) is 0 Å². The predicted molar refractivity (Wildman–Crippen MR) is 68.5 cm³/mol. The van der Waals surface area contributed by atoms with Gasteiger partial charge in [0.15, 0.2) is 0 Å². The van der Waals surface area contributed by atoms with E-state index in [1.807, 2.05) is 18.2 Å². The zero-order valence-corrected chi connectivity index (χ0v) is 11.5. The van der Waals surface area contributed by atoms with Gasteiger partial charge in [0.25, 0.3) is 0 Å². The zero-order chi connectivity index (χ0) is 12.0. The first-order valence-corrected chi connectivity index (χ1v) is 6.37. The van der Waals surface area contributed by atoms with Crippen molar-refractivity contribution in [3.05, 3.63) is 47.7 Å². The first kappa shape index (κ1) is 13.4. The van der Waals surface area contributed by atoms with E-state index in [1.165, 1.54) is 0 Å². The highest BCUT2D eigenvalue weighted by molar-refractivity contribution is 5.40. The molecule has 2 bridgehead atoms. The maximum atomic E-state index is 11.1. The quantitative estimate of drug-likeness (QED) is 0.734. The van der Waals surface area contributed by atoms with E-state index >= 15 is 0 Å². The molecular formula is C15H19ClNO-. The number of hydrogen-bond acceptors (Lipinski definition) is 2. The number of hydrogen-bond donors (Lipinski definition) is 1. The molecule has 0 aromatic heterocycles. The van der Waals surface area contributed by atoms with E-state index in [4.69, 9.17) is 0 Å². The molecule has 1 aromatic rings. The minimum absolute atomic E-state index is 0. The second kappa shape index (κ2) is 4.60. The first-order valence-electron chi connectivity index (χ1n) is 6.37. The summed E-state index contributed by atoms with van der Waals surface area (Å²) in [6.07, 6.45) is 2.15. The normalized spacial score (nSPS) is 30.2. The van der Waals surface area contributed by atoms with Crippen molar-refractivity contribution in [1.29, 1.82) is 0 Å². The highest BCUT2D eigenvalue weighted by Crippen LogP contribution is 2.48. The molecule has 1 atom stereocenters. The Morgan fingerprint density at radius 3 is 2.44 bits per heavy atom. The fourth-order valence-electron chi connectivity index (χ4n) is 3.42. The van der Waals surface area contributed by atoms with Crippen LogP contribution >= 0.6 is 0 Å². The van der Waals surface area contributed by atoms with Crippen LogP contribution in [-0.4, -0.2) is 23.1 Å². The fourth-order valence-corrected chi connectivity index (χ4v) is 3.42. The fraction of sp³-hybridized carbons (Fsp3) is 0.467. The lowest BCUT2D eigenvalue weighted by molar-refractivity contribution is -0.0763. The third-order valence-electron chi connectivity index (χ3n) is 4.46. The van der Waals surface area contributed by atoms with Crippen LogP contribution in [0.3, 0.4) is 0 Å². The summed E-state index contributed by atoms with van der Waals surface area (Å²) >= 11 is 0. The number of nitrogens with zero attached hydrogens (tertiary/aromatic N) is 1. The number of fused-ring (bicyclic) bond motifs is 3. The first-order chi connectivity index (χ1) is 8.14. The van der Waals surface area contributed by atoms with Gasteiger partial charge < -0.3 is 22.4 Å². The third kappa shape index (κ3) is 1.67. The minimum Gasteiger partial charge on any atom is -1.00 e. The topological polar surface area (TPSA) is 23.5 Å². The van der Waals surface area contributed by atoms with Crippen molar-refractivity contribution in [2.24, 2.45) is 5.92 Å². The van der Waals surface area contributed by atoms with Crippen LogP contribution in [0.4, 0.5) is 0 Å².